The van der Waals surface area contributed by atoms with E-state index in [2.05, 4.69) is 120 Å². The molecule has 0 saturated heterocycles. The van der Waals surface area contributed by atoms with Crippen LogP contribution in [0, 0.1) is 0 Å². The molecule has 5 heteroatoms. The standard InChI is InChI=1S/C29H22N2.C16H11NO.C13H13N/c1-4-10-23(11-5-1)27-19-18-24-17-16-22(20-28(24)31-27)21-30-29(25-12-6-2-7-13-25)26-14-8-3-9-15-26;18-11-12-6-7-14-8-9-15(17-16(14)10-12)13-4-2-1-3-5-13;14-13(11-7-3-1-4-8-11)12-9-5-2-6-10-12/h1-21,29H;1-11H;1-10,13H,14H2. The topological polar surface area (TPSA) is 81.2 Å². The SMILES string of the molecule is C(=NC(c1ccccc1)c1ccccc1)c1ccc2ccc(-c3ccccc3)nc2c1.NC(c1ccccc1)c1ccccc1.O=Cc1ccc2ccc(-c3ccccc3)nc2c1. The number of pyridine rings is 2. The van der Waals surface area contributed by atoms with Crippen molar-refractivity contribution in [3.8, 4) is 22.5 Å². The third-order valence-corrected chi connectivity index (χ3v) is 10.6. The summed E-state index contributed by atoms with van der Waals surface area (Å²) in [5.74, 6) is 0. The summed E-state index contributed by atoms with van der Waals surface area (Å²) in [4.78, 5) is 25.2. The van der Waals surface area contributed by atoms with Gasteiger partial charge in [-0.1, -0.05) is 218 Å². The van der Waals surface area contributed by atoms with E-state index in [1.165, 1.54) is 11.1 Å². The number of nitrogens with zero attached hydrogens (tertiary/aromatic N) is 3. The first-order valence-electron chi connectivity index (χ1n) is 21.0. The molecule has 0 spiro atoms. The maximum absolute atomic E-state index is 10.8. The molecule has 2 aromatic heterocycles. The Morgan fingerprint density at radius 3 is 1.16 bits per heavy atom. The summed E-state index contributed by atoms with van der Waals surface area (Å²) in [7, 11) is 0. The third kappa shape index (κ3) is 11.0. The first kappa shape index (κ1) is 41.6. The predicted molar refractivity (Wildman–Crippen MR) is 261 cm³/mol. The first-order chi connectivity index (χ1) is 31.1. The van der Waals surface area contributed by atoms with Gasteiger partial charge in [0.2, 0.25) is 0 Å². The molecule has 2 heterocycles. The molecule has 0 bridgehead atoms. The van der Waals surface area contributed by atoms with Crippen molar-refractivity contribution in [1.82, 2.24) is 9.97 Å². The number of aliphatic imine (C=N–C) groups is 1. The van der Waals surface area contributed by atoms with Crippen LogP contribution in [0.4, 0.5) is 0 Å². The second-order valence-corrected chi connectivity index (χ2v) is 14.9. The van der Waals surface area contributed by atoms with E-state index in [-0.39, 0.29) is 12.1 Å². The number of benzene rings is 8. The Labute approximate surface area is 369 Å². The van der Waals surface area contributed by atoms with Gasteiger partial charge in [-0.2, -0.15) is 0 Å². The van der Waals surface area contributed by atoms with Crippen molar-refractivity contribution in [2.45, 2.75) is 12.1 Å². The van der Waals surface area contributed by atoms with Crippen LogP contribution >= 0.6 is 0 Å². The number of hydrogen-bond acceptors (Lipinski definition) is 5. The van der Waals surface area contributed by atoms with Gasteiger partial charge in [0, 0.05) is 33.7 Å². The van der Waals surface area contributed by atoms with Crippen LogP contribution in [0.15, 0.2) is 248 Å². The van der Waals surface area contributed by atoms with Crippen LogP contribution in [0.25, 0.3) is 44.3 Å². The fraction of sp³-hybridized carbons (Fsp3) is 0.0345. The minimum atomic E-state index is -0.0401. The number of carbonyl (C=O) groups is 1. The molecule has 10 aromatic rings. The highest BCUT2D eigenvalue weighted by molar-refractivity contribution is 5.90. The molecule has 5 nitrogen and oxygen atoms in total. The lowest BCUT2D eigenvalue weighted by molar-refractivity contribution is 0.112. The molecule has 2 N–H and O–H groups in total. The molecule has 0 aliphatic carbocycles. The van der Waals surface area contributed by atoms with E-state index in [9.17, 15) is 4.79 Å². The maximum atomic E-state index is 10.8. The molecule has 0 fully saturated rings. The zero-order valence-corrected chi connectivity index (χ0v) is 34.7. The van der Waals surface area contributed by atoms with Gasteiger partial charge in [0.15, 0.2) is 0 Å². The minimum absolute atomic E-state index is 0.0163. The maximum Gasteiger partial charge on any atom is 0.150 e. The van der Waals surface area contributed by atoms with Crippen LogP contribution in [0.3, 0.4) is 0 Å². The molecule has 8 aromatic carbocycles. The van der Waals surface area contributed by atoms with Crippen molar-refractivity contribution >= 4 is 34.3 Å². The molecule has 0 aliphatic heterocycles. The Kier molecular flexibility index (Phi) is 13.8. The zero-order valence-electron chi connectivity index (χ0n) is 34.7. The van der Waals surface area contributed by atoms with E-state index in [1.54, 1.807) is 6.07 Å². The highest BCUT2D eigenvalue weighted by Crippen LogP contribution is 2.27. The Balaban J connectivity index is 0.000000143. The first-order valence-corrected chi connectivity index (χ1v) is 21.0. The molecule has 0 aliphatic rings. The normalized spacial score (nSPS) is 10.9. The second-order valence-electron chi connectivity index (χ2n) is 14.9. The highest BCUT2D eigenvalue weighted by atomic mass is 16.1. The Morgan fingerprint density at radius 2 is 0.746 bits per heavy atom. The van der Waals surface area contributed by atoms with Crippen molar-refractivity contribution in [2.24, 2.45) is 10.7 Å². The third-order valence-electron chi connectivity index (χ3n) is 10.6. The molecule has 0 amide bonds. The fourth-order valence-electron chi connectivity index (χ4n) is 7.27. The fourth-order valence-corrected chi connectivity index (χ4v) is 7.27. The van der Waals surface area contributed by atoms with Crippen molar-refractivity contribution < 1.29 is 4.79 Å². The average molecular weight is 815 g/mol. The quantitative estimate of drug-likeness (QED) is 0.116. The Bertz CT molecular complexity index is 2940. The monoisotopic (exact) mass is 814 g/mol. The molecule has 304 valence electrons. The summed E-state index contributed by atoms with van der Waals surface area (Å²) < 4.78 is 0. The molecule has 0 saturated carbocycles. The lowest BCUT2D eigenvalue weighted by Crippen LogP contribution is -2.11. The van der Waals surface area contributed by atoms with E-state index in [4.69, 9.17) is 15.7 Å². The summed E-state index contributed by atoms with van der Waals surface area (Å²) in [6.45, 7) is 0. The molecule has 0 unspecified atom stereocenters. The van der Waals surface area contributed by atoms with E-state index >= 15 is 0 Å². The van der Waals surface area contributed by atoms with Gasteiger partial charge in [0.05, 0.1) is 34.5 Å². The van der Waals surface area contributed by atoms with E-state index in [0.717, 1.165) is 67.3 Å². The van der Waals surface area contributed by atoms with Crippen LogP contribution in [0.5, 0.6) is 0 Å². The number of hydrogen-bond donors (Lipinski definition) is 1. The number of aromatic nitrogens is 2. The van der Waals surface area contributed by atoms with Crippen molar-refractivity contribution in [3.05, 3.63) is 276 Å². The van der Waals surface area contributed by atoms with Crippen molar-refractivity contribution in [1.29, 1.82) is 0 Å². The van der Waals surface area contributed by atoms with Gasteiger partial charge in [-0.05, 0) is 52.1 Å². The van der Waals surface area contributed by atoms with Crippen LogP contribution in [-0.2, 0) is 0 Å². The number of fused-ring (bicyclic) bond motifs is 2. The average Bonchev–Trinajstić information content (AvgIpc) is 3.37. The number of carbonyl (C=O) groups excluding carboxylic acids is 1. The second kappa shape index (κ2) is 20.9. The largest absolute Gasteiger partial charge is 0.320 e. The highest BCUT2D eigenvalue weighted by Gasteiger charge is 2.12. The van der Waals surface area contributed by atoms with E-state index < -0.39 is 0 Å². The van der Waals surface area contributed by atoms with Gasteiger partial charge in [0.25, 0.3) is 0 Å². The minimum Gasteiger partial charge on any atom is -0.320 e. The lowest BCUT2D eigenvalue weighted by atomic mass is 9.99. The van der Waals surface area contributed by atoms with Gasteiger partial charge < -0.3 is 5.73 Å². The van der Waals surface area contributed by atoms with E-state index in [1.807, 2.05) is 128 Å². The molecular weight excluding hydrogens is 769 g/mol. The molecule has 0 radical (unpaired) electrons. The van der Waals surface area contributed by atoms with Gasteiger partial charge >= 0.3 is 0 Å². The summed E-state index contributed by atoms with van der Waals surface area (Å²) in [5.41, 5.74) is 18.4. The molecular formula is C58H46N4O. The number of rotatable bonds is 9. The van der Waals surface area contributed by atoms with Crippen molar-refractivity contribution in [2.75, 3.05) is 0 Å². The van der Waals surface area contributed by atoms with Gasteiger partial charge in [-0.15, -0.1) is 0 Å². The van der Waals surface area contributed by atoms with Gasteiger partial charge in [-0.3, -0.25) is 9.79 Å². The smallest absolute Gasteiger partial charge is 0.150 e. The van der Waals surface area contributed by atoms with Crippen LogP contribution in [0.1, 0.15) is 50.3 Å². The van der Waals surface area contributed by atoms with Crippen LogP contribution in [0.2, 0.25) is 0 Å². The molecule has 0 atom stereocenters. The van der Waals surface area contributed by atoms with Crippen LogP contribution in [-0.4, -0.2) is 22.5 Å². The summed E-state index contributed by atoms with van der Waals surface area (Å²) >= 11 is 0. The summed E-state index contributed by atoms with van der Waals surface area (Å²) in [6, 6.07) is 81.4. The number of nitrogens with two attached hydrogens (primary N) is 1. The summed E-state index contributed by atoms with van der Waals surface area (Å²) in [5, 5.41) is 2.17. The Morgan fingerprint density at radius 1 is 0.397 bits per heavy atom. The summed E-state index contributed by atoms with van der Waals surface area (Å²) in [6.07, 6.45) is 2.80. The van der Waals surface area contributed by atoms with Crippen LogP contribution < -0.4 is 5.73 Å². The molecule has 10 rings (SSSR count). The van der Waals surface area contributed by atoms with Gasteiger partial charge in [-0.25, -0.2) is 9.97 Å². The zero-order chi connectivity index (χ0) is 43.1. The molecule has 63 heavy (non-hydrogen) atoms. The number of aldehydes is 1. The lowest BCUT2D eigenvalue weighted by Gasteiger charge is -2.13. The van der Waals surface area contributed by atoms with Crippen molar-refractivity contribution in [3.63, 3.8) is 0 Å². The van der Waals surface area contributed by atoms with Gasteiger partial charge in [0.1, 0.15) is 6.29 Å². The Hall–Kier alpha value is -8.12. The van der Waals surface area contributed by atoms with E-state index in [0.29, 0.717) is 5.56 Å². The predicted octanol–water partition coefficient (Wildman–Crippen LogP) is 13.6.